The molecule has 1 N–H and O–H groups in total. The molecule has 0 aliphatic carbocycles. The number of para-hydroxylation sites is 2. The molecule has 0 unspecified atom stereocenters. The molecule has 0 bridgehead atoms. The summed E-state index contributed by atoms with van der Waals surface area (Å²) >= 11 is 0. The maximum absolute atomic E-state index is 12.6. The molecule has 0 atom stereocenters. The Morgan fingerprint density at radius 1 is 1.07 bits per heavy atom. The second kappa shape index (κ2) is 9.12. The van der Waals surface area contributed by atoms with Gasteiger partial charge in [0.1, 0.15) is 0 Å². The maximum Gasteiger partial charge on any atom is 0.223 e. The Balaban J connectivity index is 1.39. The number of hydrogen-bond donors (Lipinski definition) is 1. The average Bonchev–Trinajstić information content (AvgIpc) is 3.15. The van der Waals surface area contributed by atoms with Gasteiger partial charge in [0, 0.05) is 32.1 Å². The van der Waals surface area contributed by atoms with Crippen LogP contribution >= 0.6 is 0 Å². The van der Waals surface area contributed by atoms with Crippen LogP contribution in [-0.4, -0.2) is 28.5 Å². The summed E-state index contributed by atoms with van der Waals surface area (Å²) in [6.45, 7) is 5.56. The molecule has 2 aromatic carbocycles. The summed E-state index contributed by atoms with van der Waals surface area (Å²) in [5.74, 6) is 1.32. The summed E-state index contributed by atoms with van der Waals surface area (Å²) in [5.41, 5.74) is 3.41. The smallest absolute Gasteiger partial charge is 0.223 e. The zero-order valence-corrected chi connectivity index (χ0v) is 17.2. The number of hydrogen-bond acceptors (Lipinski definition) is 3. The van der Waals surface area contributed by atoms with Gasteiger partial charge in [0.2, 0.25) is 11.9 Å². The Kier molecular flexibility index (Phi) is 6.13. The van der Waals surface area contributed by atoms with E-state index in [9.17, 15) is 4.79 Å². The monoisotopic (exact) mass is 390 g/mol. The zero-order valence-electron chi connectivity index (χ0n) is 17.2. The fourth-order valence-corrected chi connectivity index (χ4v) is 4.11. The lowest BCUT2D eigenvalue weighted by Gasteiger charge is -2.32. The number of nitrogens with one attached hydrogen (secondary N) is 1. The van der Waals surface area contributed by atoms with Crippen LogP contribution in [0, 0.1) is 5.92 Å². The van der Waals surface area contributed by atoms with Crippen LogP contribution in [0.5, 0.6) is 0 Å². The number of anilines is 1. The van der Waals surface area contributed by atoms with E-state index in [0.717, 1.165) is 62.3 Å². The van der Waals surface area contributed by atoms with Crippen molar-refractivity contribution >= 4 is 22.9 Å². The third-order valence-electron chi connectivity index (χ3n) is 5.83. The summed E-state index contributed by atoms with van der Waals surface area (Å²) in [6, 6.07) is 18.5. The van der Waals surface area contributed by atoms with Gasteiger partial charge in [-0.1, -0.05) is 55.8 Å². The van der Waals surface area contributed by atoms with Crippen LogP contribution in [0.25, 0.3) is 11.0 Å². The number of piperidine rings is 1. The van der Waals surface area contributed by atoms with E-state index in [1.165, 1.54) is 5.52 Å². The normalized spacial score (nSPS) is 15.0. The topological polar surface area (TPSA) is 50.2 Å². The van der Waals surface area contributed by atoms with Gasteiger partial charge in [0.15, 0.2) is 0 Å². The van der Waals surface area contributed by atoms with Crippen LogP contribution in [0.1, 0.15) is 38.2 Å². The van der Waals surface area contributed by atoms with Crippen molar-refractivity contribution in [3.63, 3.8) is 0 Å². The Hall–Kier alpha value is -2.82. The minimum Gasteiger partial charge on any atom is -0.352 e. The van der Waals surface area contributed by atoms with E-state index in [2.05, 4.69) is 39.9 Å². The van der Waals surface area contributed by atoms with E-state index in [-0.39, 0.29) is 11.8 Å². The predicted octanol–water partition coefficient (Wildman–Crippen LogP) is 4.37. The van der Waals surface area contributed by atoms with E-state index in [0.29, 0.717) is 6.54 Å². The molecule has 152 valence electrons. The predicted molar refractivity (Wildman–Crippen MR) is 118 cm³/mol. The van der Waals surface area contributed by atoms with Crippen molar-refractivity contribution in [1.29, 1.82) is 0 Å². The van der Waals surface area contributed by atoms with Gasteiger partial charge < -0.3 is 14.8 Å². The van der Waals surface area contributed by atoms with Gasteiger partial charge in [0.25, 0.3) is 0 Å². The molecular formula is C24H30N4O. The fraction of sp³-hybridized carbons (Fsp3) is 0.417. The largest absolute Gasteiger partial charge is 0.352 e. The summed E-state index contributed by atoms with van der Waals surface area (Å²) in [7, 11) is 0. The second-order valence-corrected chi connectivity index (χ2v) is 7.87. The first-order valence-electron chi connectivity index (χ1n) is 10.8. The van der Waals surface area contributed by atoms with E-state index in [1.807, 2.05) is 36.4 Å². The second-order valence-electron chi connectivity index (χ2n) is 7.87. The number of carbonyl (C=O) groups is 1. The third-order valence-corrected chi connectivity index (χ3v) is 5.83. The average molecular weight is 391 g/mol. The van der Waals surface area contributed by atoms with Crippen molar-refractivity contribution < 1.29 is 4.79 Å². The van der Waals surface area contributed by atoms with Crippen molar-refractivity contribution in [1.82, 2.24) is 14.9 Å². The molecule has 0 radical (unpaired) electrons. The SMILES string of the molecule is CCCCn1c(N2CCC(C(=O)NCc3ccccc3)CC2)nc2ccccc21. The quantitative estimate of drug-likeness (QED) is 0.652. The number of fused-ring (bicyclic) bond motifs is 1. The number of imidazole rings is 1. The van der Waals surface area contributed by atoms with Crippen molar-refractivity contribution in [3.8, 4) is 0 Å². The van der Waals surface area contributed by atoms with Gasteiger partial charge in [-0.25, -0.2) is 4.98 Å². The Bertz CT molecular complexity index is 942. The zero-order chi connectivity index (χ0) is 20.1. The number of aryl methyl sites for hydroxylation is 1. The highest BCUT2D eigenvalue weighted by Crippen LogP contribution is 2.27. The van der Waals surface area contributed by atoms with Gasteiger partial charge >= 0.3 is 0 Å². The number of rotatable bonds is 7. The van der Waals surface area contributed by atoms with Crippen molar-refractivity contribution in [2.24, 2.45) is 5.92 Å². The molecule has 1 aliphatic heterocycles. The Labute approximate surface area is 172 Å². The highest BCUT2D eigenvalue weighted by atomic mass is 16.1. The molecule has 3 aromatic rings. The number of unbranched alkanes of at least 4 members (excludes halogenated alkanes) is 1. The minimum atomic E-state index is 0.0865. The molecule has 1 amide bonds. The summed E-state index contributed by atoms with van der Waals surface area (Å²) in [6.07, 6.45) is 4.05. The lowest BCUT2D eigenvalue weighted by molar-refractivity contribution is -0.125. The summed E-state index contributed by atoms with van der Waals surface area (Å²) in [4.78, 5) is 19.9. The van der Waals surface area contributed by atoms with E-state index in [4.69, 9.17) is 4.98 Å². The number of carbonyl (C=O) groups excluding carboxylic acids is 1. The van der Waals surface area contributed by atoms with Crippen LogP contribution in [0.4, 0.5) is 5.95 Å². The number of amides is 1. The highest BCUT2D eigenvalue weighted by Gasteiger charge is 2.27. The third kappa shape index (κ3) is 4.44. The first-order chi connectivity index (χ1) is 14.3. The molecule has 0 saturated carbocycles. The van der Waals surface area contributed by atoms with Crippen molar-refractivity contribution in [3.05, 3.63) is 60.2 Å². The highest BCUT2D eigenvalue weighted by molar-refractivity contribution is 5.80. The molecule has 0 spiro atoms. The molecule has 1 saturated heterocycles. The maximum atomic E-state index is 12.6. The van der Waals surface area contributed by atoms with Crippen LogP contribution in [0.15, 0.2) is 54.6 Å². The van der Waals surface area contributed by atoms with E-state index < -0.39 is 0 Å². The molecule has 1 fully saturated rings. The van der Waals surface area contributed by atoms with Gasteiger partial charge in [-0.05, 0) is 37.0 Å². The summed E-state index contributed by atoms with van der Waals surface area (Å²) in [5, 5.41) is 3.11. The molecule has 1 aromatic heterocycles. The lowest BCUT2D eigenvalue weighted by Crippen LogP contribution is -2.41. The molecule has 5 heteroatoms. The Morgan fingerprint density at radius 2 is 1.79 bits per heavy atom. The fourth-order valence-electron chi connectivity index (χ4n) is 4.11. The van der Waals surface area contributed by atoms with Crippen molar-refractivity contribution in [2.45, 2.75) is 45.7 Å². The van der Waals surface area contributed by atoms with E-state index >= 15 is 0 Å². The molecule has 2 heterocycles. The number of benzene rings is 2. The van der Waals surface area contributed by atoms with Crippen molar-refractivity contribution in [2.75, 3.05) is 18.0 Å². The Morgan fingerprint density at radius 3 is 2.55 bits per heavy atom. The van der Waals surface area contributed by atoms with E-state index in [1.54, 1.807) is 0 Å². The summed E-state index contributed by atoms with van der Waals surface area (Å²) < 4.78 is 2.36. The molecule has 29 heavy (non-hydrogen) atoms. The molecular weight excluding hydrogens is 360 g/mol. The number of nitrogens with zero attached hydrogens (tertiary/aromatic N) is 3. The van der Waals surface area contributed by atoms with Gasteiger partial charge in [0.05, 0.1) is 11.0 Å². The lowest BCUT2D eigenvalue weighted by atomic mass is 9.96. The first kappa shape index (κ1) is 19.5. The molecule has 1 aliphatic rings. The van der Waals surface area contributed by atoms with Crippen LogP contribution < -0.4 is 10.2 Å². The number of aromatic nitrogens is 2. The van der Waals surface area contributed by atoms with Gasteiger partial charge in [-0.15, -0.1) is 0 Å². The van der Waals surface area contributed by atoms with Crippen LogP contribution in [0.2, 0.25) is 0 Å². The minimum absolute atomic E-state index is 0.0865. The van der Waals surface area contributed by atoms with Crippen LogP contribution in [-0.2, 0) is 17.9 Å². The van der Waals surface area contributed by atoms with Crippen LogP contribution in [0.3, 0.4) is 0 Å². The van der Waals surface area contributed by atoms with Gasteiger partial charge in [-0.2, -0.15) is 0 Å². The molecule has 4 rings (SSSR count). The standard InChI is InChI=1S/C24H30N4O/c1-2-3-15-28-22-12-8-7-11-21(22)26-24(28)27-16-13-20(14-17-27)23(29)25-18-19-9-5-4-6-10-19/h4-12,20H,2-3,13-18H2,1H3,(H,25,29). The first-order valence-corrected chi connectivity index (χ1v) is 10.8. The molecule has 5 nitrogen and oxygen atoms in total. The van der Waals surface area contributed by atoms with Gasteiger partial charge in [-0.3, -0.25) is 4.79 Å².